The van der Waals surface area contributed by atoms with Crippen LogP contribution in [0.2, 0.25) is 5.25 Å². The van der Waals surface area contributed by atoms with Gasteiger partial charge in [-0.1, -0.05) is 0 Å². The zero-order valence-electron chi connectivity index (χ0n) is 6.14. The van der Waals surface area contributed by atoms with Crippen molar-refractivity contribution in [3.8, 4) is 0 Å². The third-order valence-electron chi connectivity index (χ3n) is 1.05. The molecule has 0 radical (unpaired) electrons. The van der Waals surface area contributed by atoms with Gasteiger partial charge in [0.25, 0.3) is 0 Å². The molecule has 0 bridgehead atoms. The molecule has 0 saturated carbocycles. The molecule has 0 aliphatic heterocycles. The Morgan fingerprint density at radius 3 is 2.78 bits per heavy atom. The maximum atomic E-state index is 10.2. The first-order valence-electron chi connectivity index (χ1n) is 3.40. The molecule has 0 aromatic rings. The molecular formula is C6H14GeO2. The quantitative estimate of drug-likeness (QED) is 0.486. The monoisotopic (exact) mass is 192 g/mol. The van der Waals surface area contributed by atoms with Crippen LogP contribution in [0.3, 0.4) is 0 Å². The van der Waals surface area contributed by atoms with Crippen LogP contribution in [0, 0.1) is 0 Å². The van der Waals surface area contributed by atoms with Crippen molar-refractivity contribution in [2.75, 3.05) is 0 Å². The second-order valence-corrected chi connectivity index (χ2v) is 4.99. The first kappa shape index (κ1) is 9.01. The molecule has 0 aromatic carbocycles. The standard InChI is InChI=1S/C6H14GeO2/c1-3-4-5-7-9-6(2)8/h3-5,7H2,1-2H3. The van der Waals surface area contributed by atoms with E-state index in [4.69, 9.17) is 3.76 Å². The van der Waals surface area contributed by atoms with Gasteiger partial charge < -0.3 is 0 Å². The second-order valence-electron chi connectivity index (χ2n) is 2.05. The fraction of sp³-hybridized carbons (Fsp3) is 0.833. The molecule has 2 nitrogen and oxygen atoms in total. The van der Waals surface area contributed by atoms with Crippen LogP contribution in [0.5, 0.6) is 0 Å². The van der Waals surface area contributed by atoms with Crippen molar-refractivity contribution in [2.24, 2.45) is 0 Å². The van der Waals surface area contributed by atoms with Gasteiger partial charge >= 0.3 is 62.2 Å². The van der Waals surface area contributed by atoms with Gasteiger partial charge in [0.2, 0.25) is 0 Å². The van der Waals surface area contributed by atoms with Crippen LogP contribution in [0.1, 0.15) is 26.7 Å². The summed E-state index contributed by atoms with van der Waals surface area (Å²) in [6.07, 6.45) is 2.44. The molecule has 0 aliphatic carbocycles. The predicted molar refractivity (Wildman–Crippen MR) is 40.0 cm³/mol. The Labute approximate surface area is 62.8 Å². The van der Waals surface area contributed by atoms with Crippen molar-refractivity contribution in [1.82, 2.24) is 0 Å². The minimum absolute atomic E-state index is 0.0916. The molecule has 0 rings (SSSR count). The molecule has 0 heterocycles. The molecule has 0 N–H and O–H groups in total. The summed E-state index contributed by atoms with van der Waals surface area (Å²) in [5.41, 5.74) is 0. The van der Waals surface area contributed by atoms with Crippen molar-refractivity contribution in [2.45, 2.75) is 31.9 Å². The van der Waals surface area contributed by atoms with Crippen LogP contribution in [0.4, 0.5) is 0 Å². The summed E-state index contributed by atoms with van der Waals surface area (Å²) in [7, 11) is 0. The predicted octanol–water partition coefficient (Wildman–Crippen LogP) is 0.852. The van der Waals surface area contributed by atoms with Crippen molar-refractivity contribution >= 4 is 21.7 Å². The van der Waals surface area contributed by atoms with Crippen LogP contribution < -0.4 is 0 Å². The van der Waals surface area contributed by atoms with Crippen LogP contribution in [0.25, 0.3) is 0 Å². The molecule has 0 atom stereocenters. The Morgan fingerprint density at radius 2 is 2.33 bits per heavy atom. The summed E-state index contributed by atoms with van der Waals surface area (Å²) in [6, 6.07) is 0. The molecule has 0 aromatic heterocycles. The van der Waals surface area contributed by atoms with Gasteiger partial charge in [-0.2, -0.15) is 0 Å². The Hall–Kier alpha value is 0.0129. The normalized spacial score (nSPS) is 10.4. The van der Waals surface area contributed by atoms with Crippen LogP contribution >= 0.6 is 0 Å². The van der Waals surface area contributed by atoms with E-state index in [-0.39, 0.29) is 5.97 Å². The number of rotatable bonds is 4. The van der Waals surface area contributed by atoms with Gasteiger partial charge in [0.05, 0.1) is 0 Å². The van der Waals surface area contributed by atoms with Crippen LogP contribution in [-0.4, -0.2) is 21.7 Å². The molecule has 54 valence electrons. The molecule has 0 saturated heterocycles. The number of hydrogen-bond acceptors (Lipinski definition) is 2. The van der Waals surface area contributed by atoms with Crippen molar-refractivity contribution in [3.63, 3.8) is 0 Å². The molecular weight excluding hydrogens is 177 g/mol. The number of unbranched alkanes of at least 4 members (excludes halogenated alkanes) is 1. The first-order valence-corrected chi connectivity index (χ1v) is 6.71. The van der Waals surface area contributed by atoms with Gasteiger partial charge in [-0.05, 0) is 0 Å². The summed E-state index contributed by atoms with van der Waals surface area (Å²) in [5, 5.41) is 1.18. The number of carbonyl (C=O) groups is 1. The van der Waals surface area contributed by atoms with Crippen molar-refractivity contribution < 1.29 is 8.56 Å². The van der Waals surface area contributed by atoms with Gasteiger partial charge in [0, 0.05) is 0 Å². The molecule has 0 unspecified atom stereocenters. The second kappa shape index (κ2) is 6.14. The minimum atomic E-state index is -0.876. The van der Waals surface area contributed by atoms with Crippen molar-refractivity contribution in [3.05, 3.63) is 0 Å². The summed E-state index contributed by atoms with van der Waals surface area (Å²) >= 11 is -0.876. The topological polar surface area (TPSA) is 26.3 Å². The van der Waals surface area contributed by atoms with Crippen LogP contribution in [-0.2, 0) is 8.56 Å². The molecule has 0 aliphatic rings. The summed E-state index contributed by atoms with van der Waals surface area (Å²) in [5.74, 6) is -0.0916. The third kappa shape index (κ3) is 8.01. The first-order chi connectivity index (χ1) is 4.27. The Morgan fingerprint density at radius 1 is 1.67 bits per heavy atom. The van der Waals surface area contributed by atoms with E-state index in [0.717, 1.165) is 0 Å². The molecule has 3 heteroatoms. The van der Waals surface area contributed by atoms with E-state index >= 15 is 0 Å². The average Bonchev–Trinajstić information content (AvgIpc) is 1.80. The number of hydrogen-bond donors (Lipinski definition) is 0. The Bertz CT molecular complexity index is 83.1. The summed E-state index contributed by atoms with van der Waals surface area (Å²) < 4.78 is 4.89. The summed E-state index contributed by atoms with van der Waals surface area (Å²) in [4.78, 5) is 10.2. The fourth-order valence-electron chi connectivity index (χ4n) is 0.568. The van der Waals surface area contributed by atoms with Crippen LogP contribution in [0.15, 0.2) is 0 Å². The zero-order chi connectivity index (χ0) is 7.11. The van der Waals surface area contributed by atoms with Crippen molar-refractivity contribution in [1.29, 1.82) is 0 Å². The summed E-state index contributed by atoms with van der Waals surface area (Å²) in [6.45, 7) is 3.63. The average molecular weight is 191 g/mol. The zero-order valence-corrected chi connectivity index (χ0v) is 9.11. The van der Waals surface area contributed by atoms with Gasteiger partial charge in [0.15, 0.2) is 0 Å². The van der Waals surface area contributed by atoms with Gasteiger partial charge in [-0.15, -0.1) is 0 Å². The van der Waals surface area contributed by atoms with E-state index in [1.807, 2.05) is 0 Å². The number of carbonyl (C=O) groups excluding carboxylic acids is 1. The molecule has 0 amide bonds. The SMILES string of the molecule is CCC[CH2][GeH2][O]C(C)=O. The van der Waals surface area contributed by atoms with E-state index in [1.54, 1.807) is 0 Å². The van der Waals surface area contributed by atoms with Gasteiger partial charge in [0.1, 0.15) is 0 Å². The Balaban J connectivity index is 2.83. The molecule has 9 heavy (non-hydrogen) atoms. The van der Waals surface area contributed by atoms with E-state index in [9.17, 15) is 4.79 Å². The maximum absolute atomic E-state index is 10.2. The fourth-order valence-corrected chi connectivity index (χ4v) is 2.95. The van der Waals surface area contributed by atoms with E-state index in [1.165, 1.54) is 25.0 Å². The van der Waals surface area contributed by atoms with E-state index < -0.39 is 15.8 Å². The third-order valence-corrected chi connectivity index (χ3v) is 3.99. The van der Waals surface area contributed by atoms with E-state index in [2.05, 4.69) is 6.92 Å². The molecule has 0 fully saturated rings. The van der Waals surface area contributed by atoms with Gasteiger partial charge in [-0.3, -0.25) is 0 Å². The molecule has 0 spiro atoms. The Kier molecular flexibility index (Phi) is 6.15. The van der Waals surface area contributed by atoms with Gasteiger partial charge in [-0.25, -0.2) is 0 Å². The van der Waals surface area contributed by atoms with E-state index in [0.29, 0.717) is 0 Å².